The zero-order valence-corrected chi connectivity index (χ0v) is 14.5. The van der Waals surface area contributed by atoms with Gasteiger partial charge in [0, 0.05) is 24.3 Å². The van der Waals surface area contributed by atoms with Crippen molar-refractivity contribution in [3.05, 3.63) is 84.2 Å². The summed E-state index contributed by atoms with van der Waals surface area (Å²) in [6, 6.07) is 19.8. The Bertz CT molecular complexity index is 856. The SMILES string of the molecule is O=C(NC1CC1)[C@@H](NCc1cnn(-c2ccccc2)c1)c1ccccc1. The molecule has 1 amide bonds. The van der Waals surface area contributed by atoms with Crippen LogP contribution in [0.3, 0.4) is 0 Å². The summed E-state index contributed by atoms with van der Waals surface area (Å²) in [4.78, 5) is 12.6. The second-order valence-corrected chi connectivity index (χ2v) is 6.64. The lowest BCUT2D eigenvalue weighted by atomic mass is 10.1. The molecular formula is C21H22N4O. The van der Waals surface area contributed by atoms with E-state index in [9.17, 15) is 4.79 Å². The van der Waals surface area contributed by atoms with Crippen molar-refractivity contribution in [3.8, 4) is 5.69 Å². The van der Waals surface area contributed by atoms with Crippen LogP contribution in [0.25, 0.3) is 5.69 Å². The predicted octanol–water partition coefficient (Wildman–Crippen LogP) is 2.98. The van der Waals surface area contributed by atoms with Gasteiger partial charge in [-0.15, -0.1) is 0 Å². The maximum Gasteiger partial charge on any atom is 0.241 e. The third kappa shape index (κ3) is 4.00. The zero-order valence-electron chi connectivity index (χ0n) is 14.5. The topological polar surface area (TPSA) is 59.0 Å². The van der Waals surface area contributed by atoms with Crippen LogP contribution in [-0.2, 0) is 11.3 Å². The van der Waals surface area contributed by atoms with Crippen molar-refractivity contribution >= 4 is 5.91 Å². The number of aromatic nitrogens is 2. The number of carbonyl (C=O) groups excluding carboxylic acids is 1. The van der Waals surface area contributed by atoms with Crippen LogP contribution in [0.15, 0.2) is 73.1 Å². The van der Waals surface area contributed by atoms with E-state index >= 15 is 0 Å². The number of hydrogen-bond donors (Lipinski definition) is 2. The van der Waals surface area contributed by atoms with E-state index < -0.39 is 0 Å². The Morgan fingerprint density at radius 2 is 1.77 bits per heavy atom. The molecule has 0 bridgehead atoms. The second-order valence-electron chi connectivity index (χ2n) is 6.64. The molecule has 0 saturated heterocycles. The molecule has 0 spiro atoms. The van der Waals surface area contributed by atoms with Crippen molar-refractivity contribution in [3.63, 3.8) is 0 Å². The maximum atomic E-state index is 12.6. The molecule has 1 aliphatic carbocycles. The standard InChI is InChI=1S/C21H22N4O/c26-21(24-18-11-12-18)20(17-7-3-1-4-8-17)22-13-16-14-23-25(15-16)19-9-5-2-6-10-19/h1-10,14-15,18,20,22H,11-13H2,(H,24,26)/t20-/m0/s1. The number of para-hydroxylation sites is 1. The Morgan fingerprint density at radius 1 is 1.08 bits per heavy atom. The highest BCUT2D eigenvalue weighted by Gasteiger charge is 2.28. The minimum absolute atomic E-state index is 0.0363. The number of carbonyl (C=O) groups is 1. The summed E-state index contributed by atoms with van der Waals surface area (Å²) in [6.45, 7) is 0.574. The van der Waals surface area contributed by atoms with Crippen LogP contribution in [0.2, 0.25) is 0 Å². The van der Waals surface area contributed by atoms with Crippen LogP contribution in [0.1, 0.15) is 30.0 Å². The molecule has 4 rings (SSSR count). The van der Waals surface area contributed by atoms with Gasteiger partial charge in [0.1, 0.15) is 6.04 Å². The van der Waals surface area contributed by atoms with E-state index in [1.165, 1.54) is 0 Å². The average molecular weight is 346 g/mol. The fourth-order valence-electron chi connectivity index (χ4n) is 2.91. The van der Waals surface area contributed by atoms with Gasteiger partial charge in [-0.3, -0.25) is 10.1 Å². The fourth-order valence-corrected chi connectivity index (χ4v) is 2.91. The Morgan fingerprint density at radius 3 is 2.46 bits per heavy atom. The van der Waals surface area contributed by atoms with Crippen molar-refractivity contribution in [2.45, 2.75) is 31.5 Å². The molecule has 1 heterocycles. The molecule has 3 aromatic rings. The molecule has 1 saturated carbocycles. The lowest BCUT2D eigenvalue weighted by molar-refractivity contribution is -0.123. The molecule has 5 heteroatoms. The normalized spacial score (nSPS) is 14.8. The molecule has 26 heavy (non-hydrogen) atoms. The van der Waals surface area contributed by atoms with Crippen molar-refractivity contribution in [1.82, 2.24) is 20.4 Å². The molecule has 5 nitrogen and oxygen atoms in total. The van der Waals surface area contributed by atoms with Crippen molar-refractivity contribution in [2.75, 3.05) is 0 Å². The molecule has 1 atom stereocenters. The van der Waals surface area contributed by atoms with Crippen LogP contribution >= 0.6 is 0 Å². The minimum atomic E-state index is -0.364. The van der Waals surface area contributed by atoms with Gasteiger partial charge >= 0.3 is 0 Å². The van der Waals surface area contributed by atoms with Gasteiger partial charge in [-0.1, -0.05) is 48.5 Å². The van der Waals surface area contributed by atoms with Crippen LogP contribution < -0.4 is 10.6 Å². The minimum Gasteiger partial charge on any atom is -0.352 e. The number of amides is 1. The Hall–Kier alpha value is -2.92. The number of nitrogens with one attached hydrogen (secondary N) is 2. The third-order valence-electron chi connectivity index (χ3n) is 4.49. The molecule has 1 fully saturated rings. The lowest BCUT2D eigenvalue weighted by Gasteiger charge is -2.18. The molecule has 0 radical (unpaired) electrons. The Balaban J connectivity index is 1.46. The van der Waals surface area contributed by atoms with Crippen molar-refractivity contribution in [1.29, 1.82) is 0 Å². The number of rotatable bonds is 7. The first-order chi connectivity index (χ1) is 12.8. The van der Waals surface area contributed by atoms with Crippen molar-refractivity contribution < 1.29 is 4.79 Å². The van der Waals surface area contributed by atoms with Gasteiger partial charge in [0.05, 0.1) is 11.9 Å². The molecule has 0 aliphatic heterocycles. The van der Waals surface area contributed by atoms with Gasteiger partial charge in [0.15, 0.2) is 0 Å². The summed E-state index contributed by atoms with van der Waals surface area (Å²) in [6.07, 6.45) is 5.98. The summed E-state index contributed by atoms with van der Waals surface area (Å²) >= 11 is 0. The van der Waals surface area contributed by atoms with E-state index in [-0.39, 0.29) is 11.9 Å². The summed E-state index contributed by atoms with van der Waals surface area (Å²) < 4.78 is 1.85. The van der Waals surface area contributed by atoms with E-state index in [1.807, 2.05) is 77.7 Å². The third-order valence-corrected chi connectivity index (χ3v) is 4.49. The van der Waals surface area contributed by atoms with Crippen LogP contribution in [0.4, 0.5) is 0 Å². The zero-order chi connectivity index (χ0) is 17.8. The molecular weight excluding hydrogens is 324 g/mol. The number of hydrogen-bond acceptors (Lipinski definition) is 3. The van der Waals surface area contributed by atoms with Crippen LogP contribution in [0.5, 0.6) is 0 Å². The first kappa shape index (κ1) is 16.5. The molecule has 2 aromatic carbocycles. The van der Waals surface area contributed by atoms with E-state index in [0.717, 1.165) is 29.7 Å². The van der Waals surface area contributed by atoms with E-state index in [0.29, 0.717) is 12.6 Å². The van der Waals surface area contributed by atoms with Gasteiger partial charge in [0.2, 0.25) is 5.91 Å². The highest BCUT2D eigenvalue weighted by atomic mass is 16.2. The summed E-state index contributed by atoms with van der Waals surface area (Å²) in [5.74, 6) is 0.0363. The first-order valence-corrected chi connectivity index (χ1v) is 8.97. The first-order valence-electron chi connectivity index (χ1n) is 8.97. The van der Waals surface area contributed by atoms with Crippen LogP contribution in [0, 0.1) is 0 Å². The molecule has 1 aliphatic rings. The smallest absolute Gasteiger partial charge is 0.241 e. The van der Waals surface area contributed by atoms with E-state index in [4.69, 9.17) is 0 Å². The van der Waals surface area contributed by atoms with Gasteiger partial charge < -0.3 is 5.32 Å². The number of benzene rings is 2. The predicted molar refractivity (Wildman–Crippen MR) is 101 cm³/mol. The Kier molecular flexibility index (Phi) is 4.80. The van der Waals surface area contributed by atoms with Crippen LogP contribution in [-0.4, -0.2) is 21.7 Å². The molecule has 2 N–H and O–H groups in total. The quantitative estimate of drug-likeness (QED) is 0.691. The highest BCUT2D eigenvalue weighted by molar-refractivity contribution is 5.83. The fraction of sp³-hybridized carbons (Fsp3) is 0.238. The summed E-state index contributed by atoms with van der Waals surface area (Å²) in [5, 5.41) is 10.9. The monoisotopic (exact) mass is 346 g/mol. The molecule has 0 unspecified atom stereocenters. The van der Waals surface area contributed by atoms with E-state index in [1.54, 1.807) is 0 Å². The highest BCUT2D eigenvalue weighted by Crippen LogP contribution is 2.21. The van der Waals surface area contributed by atoms with Crippen molar-refractivity contribution in [2.24, 2.45) is 0 Å². The van der Waals surface area contributed by atoms with Gasteiger partial charge in [0.25, 0.3) is 0 Å². The number of nitrogens with zero attached hydrogens (tertiary/aromatic N) is 2. The maximum absolute atomic E-state index is 12.6. The average Bonchev–Trinajstić information content (AvgIpc) is 3.37. The largest absolute Gasteiger partial charge is 0.352 e. The van der Waals surface area contributed by atoms with Gasteiger partial charge in [-0.2, -0.15) is 5.10 Å². The summed E-state index contributed by atoms with van der Waals surface area (Å²) in [7, 11) is 0. The van der Waals surface area contributed by atoms with Gasteiger partial charge in [-0.05, 0) is 30.5 Å². The van der Waals surface area contributed by atoms with Gasteiger partial charge in [-0.25, -0.2) is 4.68 Å². The van der Waals surface area contributed by atoms with E-state index in [2.05, 4.69) is 15.7 Å². The molecule has 132 valence electrons. The molecule has 1 aromatic heterocycles. The lowest BCUT2D eigenvalue weighted by Crippen LogP contribution is -2.38. The summed E-state index contributed by atoms with van der Waals surface area (Å²) in [5.41, 5.74) is 3.03. The second kappa shape index (κ2) is 7.54. The Labute approximate surface area is 153 Å².